The van der Waals surface area contributed by atoms with Crippen molar-refractivity contribution in [2.24, 2.45) is 0 Å². The van der Waals surface area contributed by atoms with Gasteiger partial charge in [-0.3, -0.25) is 4.79 Å². The quantitative estimate of drug-likeness (QED) is 0.686. The highest BCUT2D eigenvalue weighted by atomic mass is 16.5. The summed E-state index contributed by atoms with van der Waals surface area (Å²) in [5.41, 5.74) is 0. The standard InChI is InChI=1S/C8H16N2O2.2C2H6/c1-9(2)8(11)7-6-10(3)4-5-12-7;2*1-2/h7H,4-6H2,1-3H3;2*1-2H3. The normalized spacial score (nSPS) is 19.8. The molecule has 0 aromatic rings. The first kappa shape index (κ1) is 17.8. The Morgan fingerprint density at radius 3 is 2.12 bits per heavy atom. The lowest BCUT2D eigenvalue weighted by atomic mass is 10.2. The van der Waals surface area contributed by atoms with Crippen LogP contribution in [-0.4, -0.2) is 62.7 Å². The third kappa shape index (κ3) is 6.80. The largest absolute Gasteiger partial charge is 0.366 e. The van der Waals surface area contributed by atoms with Crippen molar-refractivity contribution in [1.82, 2.24) is 9.80 Å². The van der Waals surface area contributed by atoms with Gasteiger partial charge in [-0.1, -0.05) is 27.7 Å². The van der Waals surface area contributed by atoms with E-state index >= 15 is 0 Å². The second-order valence-electron chi connectivity index (χ2n) is 3.35. The van der Waals surface area contributed by atoms with Crippen LogP contribution in [0.1, 0.15) is 27.7 Å². The van der Waals surface area contributed by atoms with Gasteiger partial charge in [-0.2, -0.15) is 0 Å². The Morgan fingerprint density at radius 1 is 1.25 bits per heavy atom. The molecule has 1 saturated heterocycles. The molecule has 0 spiro atoms. The zero-order valence-corrected chi connectivity index (χ0v) is 11.9. The fourth-order valence-electron chi connectivity index (χ4n) is 1.22. The van der Waals surface area contributed by atoms with E-state index in [1.807, 2.05) is 34.7 Å². The lowest BCUT2D eigenvalue weighted by Gasteiger charge is -2.30. The van der Waals surface area contributed by atoms with E-state index < -0.39 is 0 Å². The number of ether oxygens (including phenoxy) is 1. The van der Waals surface area contributed by atoms with E-state index in [0.29, 0.717) is 13.2 Å². The molecule has 4 nitrogen and oxygen atoms in total. The van der Waals surface area contributed by atoms with Crippen LogP contribution >= 0.6 is 0 Å². The molecule has 1 fully saturated rings. The predicted molar refractivity (Wildman–Crippen MR) is 68.6 cm³/mol. The highest BCUT2D eigenvalue weighted by Gasteiger charge is 2.25. The van der Waals surface area contributed by atoms with E-state index in [2.05, 4.69) is 4.90 Å². The summed E-state index contributed by atoms with van der Waals surface area (Å²) in [6.07, 6.45) is -0.265. The smallest absolute Gasteiger partial charge is 0.252 e. The SMILES string of the molecule is CC.CC.CN1CCOC(C(=O)N(C)C)C1. The molecule has 1 unspecified atom stereocenters. The number of amides is 1. The molecule has 1 rings (SSSR count). The molecule has 0 aliphatic carbocycles. The minimum atomic E-state index is -0.265. The second kappa shape index (κ2) is 10.9. The van der Waals surface area contributed by atoms with Crippen molar-refractivity contribution < 1.29 is 9.53 Å². The van der Waals surface area contributed by atoms with Crippen LogP contribution in [-0.2, 0) is 9.53 Å². The van der Waals surface area contributed by atoms with Gasteiger partial charge in [0.25, 0.3) is 5.91 Å². The van der Waals surface area contributed by atoms with E-state index in [9.17, 15) is 4.79 Å². The van der Waals surface area contributed by atoms with Crippen LogP contribution in [0.3, 0.4) is 0 Å². The minimum absolute atomic E-state index is 0.0570. The van der Waals surface area contributed by atoms with E-state index in [1.54, 1.807) is 19.0 Å². The zero-order chi connectivity index (χ0) is 13.1. The summed E-state index contributed by atoms with van der Waals surface area (Å²) >= 11 is 0. The van der Waals surface area contributed by atoms with Crippen molar-refractivity contribution in [2.75, 3.05) is 40.8 Å². The van der Waals surface area contributed by atoms with Crippen LogP contribution in [0.5, 0.6) is 0 Å². The molecule has 0 aromatic carbocycles. The van der Waals surface area contributed by atoms with E-state index in [4.69, 9.17) is 4.74 Å². The molecule has 0 bridgehead atoms. The highest BCUT2D eigenvalue weighted by molar-refractivity contribution is 5.80. The molecule has 0 aromatic heterocycles. The van der Waals surface area contributed by atoms with Gasteiger partial charge in [0.2, 0.25) is 0 Å². The van der Waals surface area contributed by atoms with Crippen LogP contribution < -0.4 is 0 Å². The van der Waals surface area contributed by atoms with Crippen molar-refractivity contribution >= 4 is 5.91 Å². The summed E-state index contributed by atoms with van der Waals surface area (Å²) in [7, 11) is 5.50. The van der Waals surface area contributed by atoms with Crippen molar-refractivity contribution in [3.8, 4) is 0 Å². The van der Waals surface area contributed by atoms with E-state index in [0.717, 1.165) is 6.54 Å². The molecule has 1 atom stereocenters. The van der Waals surface area contributed by atoms with Gasteiger partial charge in [-0.25, -0.2) is 0 Å². The maximum Gasteiger partial charge on any atom is 0.252 e. The van der Waals surface area contributed by atoms with Gasteiger partial charge in [0.15, 0.2) is 0 Å². The Kier molecular flexibility index (Phi) is 12.1. The summed E-state index contributed by atoms with van der Waals surface area (Å²) in [5.74, 6) is 0.0570. The maximum absolute atomic E-state index is 11.4. The highest BCUT2D eigenvalue weighted by Crippen LogP contribution is 2.04. The van der Waals surface area contributed by atoms with Gasteiger partial charge in [-0.05, 0) is 7.05 Å². The van der Waals surface area contributed by atoms with Gasteiger partial charge >= 0.3 is 0 Å². The molecular formula is C12H28N2O2. The monoisotopic (exact) mass is 232 g/mol. The molecule has 0 saturated carbocycles. The lowest BCUT2D eigenvalue weighted by Crippen LogP contribution is -2.48. The fraction of sp³-hybridized carbons (Fsp3) is 0.917. The van der Waals surface area contributed by atoms with Crippen LogP contribution in [0, 0.1) is 0 Å². The Morgan fingerprint density at radius 2 is 1.75 bits per heavy atom. The molecule has 16 heavy (non-hydrogen) atoms. The number of carbonyl (C=O) groups is 1. The summed E-state index contributed by atoms with van der Waals surface area (Å²) in [5, 5.41) is 0. The summed E-state index contributed by atoms with van der Waals surface area (Å²) in [6.45, 7) is 10.3. The summed E-state index contributed by atoms with van der Waals surface area (Å²) in [6, 6.07) is 0. The van der Waals surface area contributed by atoms with Crippen molar-refractivity contribution in [2.45, 2.75) is 33.8 Å². The predicted octanol–water partition coefficient (Wildman–Crippen LogP) is 1.46. The number of hydrogen-bond acceptors (Lipinski definition) is 3. The average Bonchev–Trinajstić information content (AvgIpc) is 2.33. The molecule has 0 N–H and O–H groups in total. The molecule has 4 heteroatoms. The van der Waals surface area contributed by atoms with Crippen molar-refractivity contribution in [3.63, 3.8) is 0 Å². The van der Waals surface area contributed by atoms with Crippen LogP contribution in [0.4, 0.5) is 0 Å². The Hall–Kier alpha value is -0.610. The number of nitrogens with zero attached hydrogens (tertiary/aromatic N) is 2. The number of likely N-dealkylation sites (N-methyl/N-ethyl adjacent to an activating group) is 2. The minimum Gasteiger partial charge on any atom is -0.366 e. The number of rotatable bonds is 1. The molecular weight excluding hydrogens is 204 g/mol. The summed E-state index contributed by atoms with van der Waals surface area (Å²) < 4.78 is 5.34. The van der Waals surface area contributed by atoms with Crippen molar-refractivity contribution in [3.05, 3.63) is 0 Å². The first-order valence-electron chi connectivity index (χ1n) is 6.12. The maximum atomic E-state index is 11.4. The van der Waals surface area contributed by atoms with Gasteiger partial charge < -0.3 is 14.5 Å². The second-order valence-corrected chi connectivity index (χ2v) is 3.35. The molecule has 98 valence electrons. The first-order valence-corrected chi connectivity index (χ1v) is 6.12. The number of hydrogen-bond donors (Lipinski definition) is 0. The van der Waals surface area contributed by atoms with E-state index in [-0.39, 0.29) is 12.0 Å². The van der Waals surface area contributed by atoms with Crippen molar-refractivity contribution in [1.29, 1.82) is 0 Å². The van der Waals surface area contributed by atoms with E-state index in [1.165, 1.54) is 0 Å². The van der Waals surface area contributed by atoms with Gasteiger partial charge in [0, 0.05) is 27.2 Å². The summed E-state index contributed by atoms with van der Waals surface area (Å²) in [4.78, 5) is 15.1. The third-order valence-electron chi connectivity index (χ3n) is 1.99. The zero-order valence-electron chi connectivity index (χ0n) is 11.9. The molecule has 1 aliphatic heterocycles. The molecule has 1 amide bonds. The topological polar surface area (TPSA) is 32.8 Å². The van der Waals surface area contributed by atoms with Gasteiger partial charge in [0.05, 0.1) is 6.61 Å². The first-order chi connectivity index (χ1) is 7.61. The Bertz CT molecular complexity index is 172. The van der Waals surface area contributed by atoms with Crippen LogP contribution in [0.15, 0.2) is 0 Å². The van der Waals surface area contributed by atoms with Crippen LogP contribution in [0.2, 0.25) is 0 Å². The lowest BCUT2D eigenvalue weighted by molar-refractivity contribution is -0.146. The fourth-order valence-corrected chi connectivity index (χ4v) is 1.22. The molecule has 1 aliphatic rings. The average molecular weight is 232 g/mol. The third-order valence-corrected chi connectivity index (χ3v) is 1.99. The Balaban J connectivity index is 0. The Labute approximate surface area is 101 Å². The molecule has 0 radical (unpaired) electrons. The van der Waals surface area contributed by atoms with Crippen LogP contribution in [0.25, 0.3) is 0 Å². The van der Waals surface area contributed by atoms with Gasteiger partial charge in [0.1, 0.15) is 6.10 Å². The number of carbonyl (C=O) groups excluding carboxylic acids is 1. The number of morpholine rings is 1. The van der Waals surface area contributed by atoms with Gasteiger partial charge in [-0.15, -0.1) is 0 Å². The molecule has 1 heterocycles.